The number of halogens is 2. The summed E-state index contributed by atoms with van der Waals surface area (Å²) < 4.78 is 13.0. The second kappa shape index (κ2) is 5.16. The summed E-state index contributed by atoms with van der Waals surface area (Å²) in [4.78, 5) is 21.0. The van der Waals surface area contributed by atoms with Crippen molar-refractivity contribution in [3.63, 3.8) is 0 Å². The van der Waals surface area contributed by atoms with Crippen LogP contribution in [0.15, 0.2) is 36.4 Å². The Morgan fingerprint density at radius 3 is 2.42 bits per heavy atom. The summed E-state index contributed by atoms with van der Waals surface area (Å²) in [6.45, 7) is 0. The predicted octanol–water partition coefficient (Wildman–Crippen LogP) is 3.87. The second-order valence-electron chi connectivity index (χ2n) is 3.78. The summed E-state index contributed by atoms with van der Waals surface area (Å²) in [5.41, 5.74) is 0.514. The van der Waals surface area contributed by atoms with Crippen LogP contribution in [0, 0.1) is 15.9 Å². The maximum Gasteiger partial charge on any atom is 0.277 e. The van der Waals surface area contributed by atoms with Gasteiger partial charge < -0.3 is 0 Å². The maximum atomic E-state index is 13.0. The number of carbonyl (C=O) groups is 1. The Kier molecular flexibility index (Phi) is 3.57. The normalized spacial score (nSPS) is 10.2. The van der Waals surface area contributed by atoms with Crippen molar-refractivity contribution >= 4 is 23.6 Å². The molecule has 0 N–H and O–H groups in total. The van der Waals surface area contributed by atoms with Crippen LogP contribution < -0.4 is 0 Å². The Morgan fingerprint density at radius 2 is 1.84 bits per heavy atom. The summed E-state index contributed by atoms with van der Waals surface area (Å²) >= 11 is 5.88. The molecule has 6 heteroatoms. The van der Waals surface area contributed by atoms with Crippen LogP contribution in [0.3, 0.4) is 0 Å². The van der Waals surface area contributed by atoms with E-state index in [1.165, 1.54) is 24.3 Å². The van der Waals surface area contributed by atoms with Gasteiger partial charge in [0.25, 0.3) is 5.69 Å². The molecule has 0 atom stereocenters. The topological polar surface area (TPSA) is 60.2 Å². The summed E-state index contributed by atoms with van der Waals surface area (Å²) in [5, 5.41) is 11.1. The van der Waals surface area contributed by atoms with Crippen molar-refractivity contribution < 1.29 is 14.1 Å². The minimum absolute atomic E-state index is 0.0713. The Hall–Kier alpha value is -2.27. The first-order chi connectivity index (χ1) is 9.02. The van der Waals surface area contributed by atoms with Gasteiger partial charge in [0.05, 0.1) is 15.5 Å². The first-order valence-corrected chi connectivity index (χ1v) is 5.60. The van der Waals surface area contributed by atoms with Crippen LogP contribution in [0.2, 0.25) is 5.02 Å². The number of aldehydes is 1. The van der Waals surface area contributed by atoms with Crippen molar-refractivity contribution in [2.45, 2.75) is 0 Å². The number of rotatable bonds is 3. The van der Waals surface area contributed by atoms with Crippen molar-refractivity contribution in [3.8, 4) is 11.1 Å². The van der Waals surface area contributed by atoms with Gasteiger partial charge in [-0.25, -0.2) is 4.39 Å². The second-order valence-corrected chi connectivity index (χ2v) is 4.18. The quantitative estimate of drug-likeness (QED) is 0.487. The first-order valence-electron chi connectivity index (χ1n) is 5.22. The third-order valence-electron chi connectivity index (χ3n) is 2.58. The molecule has 0 fully saturated rings. The number of nitrogens with zero attached hydrogens (tertiary/aromatic N) is 1. The van der Waals surface area contributed by atoms with Gasteiger partial charge in [0.1, 0.15) is 12.1 Å². The first kappa shape index (κ1) is 13.2. The molecule has 0 heterocycles. The van der Waals surface area contributed by atoms with Crippen molar-refractivity contribution in [1.82, 2.24) is 0 Å². The van der Waals surface area contributed by atoms with Crippen molar-refractivity contribution in [2.24, 2.45) is 0 Å². The molecule has 0 spiro atoms. The van der Waals surface area contributed by atoms with E-state index in [9.17, 15) is 19.3 Å². The van der Waals surface area contributed by atoms with Gasteiger partial charge in [0.2, 0.25) is 0 Å². The van der Waals surface area contributed by atoms with E-state index in [1.807, 2.05) is 0 Å². The molecule has 0 radical (unpaired) electrons. The largest absolute Gasteiger partial charge is 0.298 e. The lowest BCUT2D eigenvalue weighted by Gasteiger charge is -2.06. The minimum Gasteiger partial charge on any atom is -0.298 e. The van der Waals surface area contributed by atoms with Crippen LogP contribution in [-0.4, -0.2) is 11.2 Å². The van der Waals surface area contributed by atoms with E-state index < -0.39 is 10.7 Å². The standard InChI is InChI=1S/C13H7ClFNO3/c14-12-6-9(15)2-4-10(12)11-3-1-8(7-17)5-13(11)16(18)19/h1-7H. The Morgan fingerprint density at radius 1 is 1.16 bits per heavy atom. The molecule has 0 aliphatic heterocycles. The smallest absolute Gasteiger partial charge is 0.277 e. The molecule has 0 saturated heterocycles. The highest BCUT2D eigenvalue weighted by Gasteiger charge is 2.18. The molecule has 0 saturated carbocycles. The molecule has 2 rings (SSSR count). The van der Waals surface area contributed by atoms with Crippen LogP contribution in [0.1, 0.15) is 10.4 Å². The van der Waals surface area contributed by atoms with E-state index in [1.54, 1.807) is 0 Å². The molecule has 0 unspecified atom stereocenters. The minimum atomic E-state index is -0.609. The van der Waals surface area contributed by atoms with E-state index in [0.29, 0.717) is 11.8 Å². The number of nitro benzene ring substituents is 1. The number of hydrogen-bond donors (Lipinski definition) is 0. The zero-order valence-electron chi connectivity index (χ0n) is 9.47. The Balaban J connectivity index is 2.67. The van der Waals surface area contributed by atoms with Crippen LogP contribution in [-0.2, 0) is 0 Å². The fourth-order valence-corrected chi connectivity index (χ4v) is 1.98. The van der Waals surface area contributed by atoms with E-state index in [4.69, 9.17) is 11.6 Å². The number of benzene rings is 2. The third kappa shape index (κ3) is 2.61. The molecule has 0 amide bonds. The summed E-state index contributed by atoms with van der Waals surface area (Å²) in [6, 6.07) is 7.62. The predicted molar refractivity (Wildman–Crippen MR) is 68.9 cm³/mol. The van der Waals surface area contributed by atoms with Crippen LogP contribution in [0.4, 0.5) is 10.1 Å². The maximum absolute atomic E-state index is 13.0. The summed E-state index contributed by atoms with van der Waals surface area (Å²) in [5.74, 6) is -0.527. The molecule has 0 bridgehead atoms. The molecular formula is C13H7ClFNO3. The van der Waals surface area contributed by atoms with E-state index >= 15 is 0 Å². The Bertz CT molecular complexity index is 673. The fraction of sp³-hybridized carbons (Fsp3) is 0. The van der Waals surface area contributed by atoms with Gasteiger partial charge in [-0.05, 0) is 24.3 Å². The molecular weight excluding hydrogens is 273 g/mol. The molecule has 0 aliphatic carbocycles. The molecule has 2 aromatic rings. The summed E-state index contributed by atoms with van der Waals surface area (Å²) in [6.07, 6.45) is 0.517. The highest BCUT2D eigenvalue weighted by molar-refractivity contribution is 6.33. The lowest BCUT2D eigenvalue weighted by molar-refractivity contribution is -0.384. The van der Waals surface area contributed by atoms with Gasteiger partial charge in [0, 0.05) is 17.2 Å². The number of hydrogen-bond acceptors (Lipinski definition) is 3. The molecule has 96 valence electrons. The highest BCUT2D eigenvalue weighted by atomic mass is 35.5. The van der Waals surface area contributed by atoms with Gasteiger partial charge in [-0.2, -0.15) is 0 Å². The van der Waals surface area contributed by atoms with Gasteiger partial charge in [-0.15, -0.1) is 0 Å². The van der Waals surface area contributed by atoms with Crippen LogP contribution in [0.5, 0.6) is 0 Å². The van der Waals surface area contributed by atoms with Gasteiger partial charge in [-0.3, -0.25) is 14.9 Å². The van der Waals surface area contributed by atoms with Crippen molar-refractivity contribution in [2.75, 3.05) is 0 Å². The monoisotopic (exact) mass is 279 g/mol. The summed E-state index contributed by atoms with van der Waals surface area (Å²) in [7, 11) is 0. The lowest BCUT2D eigenvalue weighted by atomic mass is 10.0. The van der Waals surface area contributed by atoms with Crippen LogP contribution in [0.25, 0.3) is 11.1 Å². The molecule has 2 aromatic carbocycles. The van der Waals surface area contributed by atoms with E-state index in [-0.39, 0.29) is 21.8 Å². The van der Waals surface area contributed by atoms with Crippen molar-refractivity contribution in [1.29, 1.82) is 0 Å². The van der Waals surface area contributed by atoms with E-state index in [2.05, 4.69) is 0 Å². The van der Waals surface area contributed by atoms with Crippen molar-refractivity contribution in [3.05, 3.63) is 62.9 Å². The van der Waals surface area contributed by atoms with Gasteiger partial charge >= 0.3 is 0 Å². The third-order valence-corrected chi connectivity index (χ3v) is 2.89. The average Bonchev–Trinajstić information content (AvgIpc) is 2.38. The Labute approximate surface area is 112 Å². The highest BCUT2D eigenvalue weighted by Crippen LogP contribution is 2.35. The average molecular weight is 280 g/mol. The molecule has 19 heavy (non-hydrogen) atoms. The fourth-order valence-electron chi connectivity index (χ4n) is 1.71. The van der Waals surface area contributed by atoms with Gasteiger partial charge in [0.15, 0.2) is 0 Å². The lowest BCUT2D eigenvalue weighted by Crippen LogP contribution is -1.94. The molecule has 4 nitrogen and oxygen atoms in total. The van der Waals surface area contributed by atoms with Gasteiger partial charge in [-0.1, -0.05) is 17.7 Å². The van der Waals surface area contributed by atoms with E-state index in [0.717, 1.165) is 12.1 Å². The zero-order chi connectivity index (χ0) is 14.0. The number of nitro groups is 1. The number of carbonyl (C=O) groups excluding carboxylic acids is 1. The molecule has 0 aromatic heterocycles. The zero-order valence-corrected chi connectivity index (χ0v) is 10.2. The SMILES string of the molecule is O=Cc1ccc(-c2ccc(F)cc2Cl)c([N+](=O)[O-])c1. The molecule has 0 aliphatic rings. The van der Waals surface area contributed by atoms with Crippen LogP contribution >= 0.6 is 11.6 Å².